The molecule has 0 aliphatic rings. The third-order valence-corrected chi connectivity index (χ3v) is 2.73. The number of halogens is 1. The van der Waals surface area contributed by atoms with E-state index in [2.05, 4.69) is 9.97 Å². The molecule has 2 rings (SSSR count). The van der Waals surface area contributed by atoms with Crippen molar-refractivity contribution in [2.75, 3.05) is 17.7 Å². The van der Waals surface area contributed by atoms with Gasteiger partial charge in [0.1, 0.15) is 5.82 Å². The first-order valence-corrected chi connectivity index (χ1v) is 5.54. The number of aryl methyl sites for hydroxylation is 1. The summed E-state index contributed by atoms with van der Waals surface area (Å²) in [6.07, 6.45) is 5.26. The predicted molar refractivity (Wildman–Crippen MR) is 69.0 cm³/mol. The Morgan fingerprint density at radius 1 is 1.47 bits per heavy atom. The van der Waals surface area contributed by atoms with E-state index in [1.807, 2.05) is 29.8 Å². The minimum absolute atomic E-state index is 0.539. The zero-order valence-electron chi connectivity index (χ0n) is 9.76. The number of nitrogens with two attached hydrogens (primary N) is 1. The Morgan fingerprint density at radius 3 is 2.82 bits per heavy atom. The Hall–Kier alpha value is -1.75. The van der Waals surface area contributed by atoms with Crippen LogP contribution in [0.2, 0.25) is 5.02 Å². The highest BCUT2D eigenvalue weighted by atomic mass is 35.5. The van der Waals surface area contributed by atoms with Crippen LogP contribution in [0.15, 0.2) is 24.7 Å². The summed E-state index contributed by atoms with van der Waals surface area (Å²) in [5.41, 5.74) is 6.44. The molecule has 2 heterocycles. The van der Waals surface area contributed by atoms with E-state index in [1.54, 1.807) is 18.5 Å². The Kier molecular flexibility index (Phi) is 3.19. The van der Waals surface area contributed by atoms with Gasteiger partial charge in [-0.3, -0.25) is 0 Å². The number of rotatable bonds is 3. The lowest BCUT2D eigenvalue weighted by atomic mass is 10.3. The molecule has 0 amide bonds. The first kappa shape index (κ1) is 11.7. The minimum atomic E-state index is 0.539. The third kappa shape index (κ3) is 2.50. The van der Waals surface area contributed by atoms with Crippen molar-refractivity contribution in [1.29, 1.82) is 0 Å². The van der Waals surface area contributed by atoms with Crippen LogP contribution in [-0.2, 0) is 13.6 Å². The molecule has 0 saturated heterocycles. The fourth-order valence-corrected chi connectivity index (χ4v) is 1.77. The zero-order valence-corrected chi connectivity index (χ0v) is 10.5. The SMILES string of the molecule is CN(Cc1nccn1C)c1ncc(Cl)cc1N. The van der Waals surface area contributed by atoms with Gasteiger partial charge in [-0.1, -0.05) is 11.6 Å². The molecule has 6 heteroatoms. The third-order valence-electron chi connectivity index (χ3n) is 2.52. The minimum Gasteiger partial charge on any atom is -0.396 e. The van der Waals surface area contributed by atoms with Crippen molar-refractivity contribution in [3.8, 4) is 0 Å². The smallest absolute Gasteiger partial charge is 0.152 e. The number of aromatic nitrogens is 3. The van der Waals surface area contributed by atoms with Crippen LogP contribution in [0.1, 0.15) is 5.82 Å². The van der Waals surface area contributed by atoms with Crippen molar-refractivity contribution in [2.45, 2.75) is 6.54 Å². The molecule has 0 bridgehead atoms. The summed E-state index contributed by atoms with van der Waals surface area (Å²) in [5.74, 6) is 1.65. The molecule has 0 radical (unpaired) electrons. The molecular formula is C11H14ClN5. The van der Waals surface area contributed by atoms with Crippen molar-refractivity contribution in [3.05, 3.63) is 35.5 Å². The predicted octanol–water partition coefficient (Wildman–Crippen LogP) is 1.69. The summed E-state index contributed by atoms with van der Waals surface area (Å²) in [4.78, 5) is 10.4. The van der Waals surface area contributed by atoms with Crippen LogP contribution in [0.5, 0.6) is 0 Å². The summed E-state index contributed by atoms with van der Waals surface area (Å²) >= 11 is 5.81. The average molecular weight is 252 g/mol. The van der Waals surface area contributed by atoms with E-state index in [-0.39, 0.29) is 0 Å². The number of hydrogen-bond donors (Lipinski definition) is 1. The highest BCUT2D eigenvalue weighted by molar-refractivity contribution is 6.30. The lowest BCUT2D eigenvalue weighted by Gasteiger charge is -2.19. The maximum Gasteiger partial charge on any atom is 0.152 e. The molecule has 0 aliphatic carbocycles. The van der Waals surface area contributed by atoms with Crippen LogP contribution < -0.4 is 10.6 Å². The van der Waals surface area contributed by atoms with Gasteiger partial charge in [0.25, 0.3) is 0 Å². The Balaban J connectivity index is 2.20. The largest absolute Gasteiger partial charge is 0.396 e. The molecule has 0 unspecified atom stereocenters. The van der Waals surface area contributed by atoms with Gasteiger partial charge in [-0.2, -0.15) is 0 Å². The maximum absolute atomic E-state index is 5.87. The normalized spacial score (nSPS) is 10.5. The fraction of sp³-hybridized carbons (Fsp3) is 0.273. The van der Waals surface area contributed by atoms with Gasteiger partial charge in [0.05, 0.1) is 17.3 Å². The number of anilines is 2. The average Bonchev–Trinajstić information content (AvgIpc) is 2.64. The Labute approximate surface area is 105 Å². The van der Waals surface area contributed by atoms with Crippen LogP contribution in [0, 0.1) is 0 Å². The summed E-state index contributed by atoms with van der Waals surface area (Å²) in [6.45, 7) is 0.641. The van der Waals surface area contributed by atoms with Crippen molar-refractivity contribution in [2.24, 2.45) is 7.05 Å². The molecule has 0 spiro atoms. The van der Waals surface area contributed by atoms with E-state index in [9.17, 15) is 0 Å². The van der Waals surface area contributed by atoms with Gasteiger partial charge in [-0.25, -0.2) is 9.97 Å². The van der Waals surface area contributed by atoms with Gasteiger partial charge in [-0.15, -0.1) is 0 Å². The highest BCUT2D eigenvalue weighted by Gasteiger charge is 2.10. The molecule has 2 aromatic heterocycles. The second-order valence-corrected chi connectivity index (χ2v) is 4.31. The second-order valence-electron chi connectivity index (χ2n) is 3.88. The lowest BCUT2D eigenvalue weighted by Crippen LogP contribution is -2.21. The monoisotopic (exact) mass is 251 g/mol. The number of pyridine rings is 1. The maximum atomic E-state index is 5.87. The first-order chi connectivity index (χ1) is 8.08. The van der Waals surface area contributed by atoms with Gasteiger partial charge in [0.2, 0.25) is 0 Å². The van der Waals surface area contributed by atoms with Crippen molar-refractivity contribution in [1.82, 2.24) is 14.5 Å². The molecule has 90 valence electrons. The van der Waals surface area contributed by atoms with Crippen molar-refractivity contribution >= 4 is 23.1 Å². The lowest BCUT2D eigenvalue weighted by molar-refractivity contribution is 0.756. The summed E-state index contributed by atoms with van der Waals surface area (Å²) < 4.78 is 1.96. The standard InChI is InChI=1S/C11H14ClN5/c1-16-4-3-14-10(16)7-17(2)11-9(13)5-8(12)6-15-11/h3-6H,7,13H2,1-2H3. The zero-order chi connectivity index (χ0) is 12.4. The van der Waals surface area contributed by atoms with Gasteiger partial charge < -0.3 is 15.2 Å². The molecule has 0 fully saturated rings. The molecule has 0 atom stereocenters. The second kappa shape index (κ2) is 4.63. The number of nitrogen functional groups attached to an aromatic ring is 1. The van der Waals surface area contributed by atoms with Crippen LogP contribution in [0.4, 0.5) is 11.5 Å². The van der Waals surface area contributed by atoms with E-state index in [0.29, 0.717) is 23.1 Å². The van der Waals surface area contributed by atoms with Crippen molar-refractivity contribution < 1.29 is 0 Å². The Bertz CT molecular complexity index is 522. The van der Waals surface area contributed by atoms with Crippen LogP contribution in [0.25, 0.3) is 0 Å². The molecule has 0 saturated carbocycles. The quantitative estimate of drug-likeness (QED) is 0.902. The van der Waals surface area contributed by atoms with E-state index in [4.69, 9.17) is 17.3 Å². The van der Waals surface area contributed by atoms with E-state index in [1.165, 1.54) is 0 Å². The number of hydrogen-bond acceptors (Lipinski definition) is 4. The van der Waals surface area contributed by atoms with E-state index >= 15 is 0 Å². The first-order valence-electron chi connectivity index (χ1n) is 5.16. The fourth-order valence-electron chi connectivity index (χ4n) is 1.60. The van der Waals surface area contributed by atoms with Crippen molar-refractivity contribution in [3.63, 3.8) is 0 Å². The summed E-state index contributed by atoms with van der Waals surface area (Å²) in [6, 6.07) is 1.69. The summed E-state index contributed by atoms with van der Waals surface area (Å²) in [7, 11) is 3.87. The molecule has 0 aromatic carbocycles. The van der Waals surface area contributed by atoms with Crippen LogP contribution in [-0.4, -0.2) is 21.6 Å². The molecule has 2 aromatic rings. The summed E-state index contributed by atoms with van der Waals surface area (Å²) in [5, 5.41) is 0.539. The van der Waals surface area contributed by atoms with Gasteiger partial charge in [0, 0.05) is 32.7 Å². The molecule has 5 nitrogen and oxygen atoms in total. The molecular weight excluding hydrogens is 238 g/mol. The molecule has 0 aliphatic heterocycles. The van der Waals surface area contributed by atoms with E-state index in [0.717, 1.165) is 5.82 Å². The molecule has 2 N–H and O–H groups in total. The van der Waals surface area contributed by atoms with Gasteiger partial charge in [0.15, 0.2) is 5.82 Å². The molecule has 17 heavy (non-hydrogen) atoms. The Morgan fingerprint density at radius 2 is 2.24 bits per heavy atom. The van der Waals surface area contributed by atoms with Gasteiger partial charge >= 0.3 is 0 Å². The van der Waals surface area contributed by atoms with Crippen LogP contribution >= 0.6 is 11.6 Å². The highest BCUT2D eigenvalue weighted by Crippen LogP contribution is 2.23. The van der Waals surface area contributed by atoms with Gasteiger partial charge in [-0.05, 0) is 6.07 Å². The van der Waals surface area contributed by atoms with Crippen LogP contribution in [0.3, 0.4) is 0 Å². The number of nitrogens with zero attached hydrogens (tertiary/aromatic N) is 4. The van der Waals surface area contributed by atoms with E-state index < -0.39 is 0 Å². The topological polar surface area (TPSA) is 60.0 Å². The number of imidazole rings is 1.